The van der Waals surface area contributed by atoms with Gasteiger partial charge in [-0.25, -0.2) is 4.98 Å². The van der Waals surface area contributed by atoms with E-state index in [0.29, 0.717) is 36.6 Å². The number of hydrogen-bond donors (Lipinski definition) is 4. The fraction of sp³-hybridized carbons (Fsp3) is 0.294. The number of anilines is 2. The van der Waals surface area contributed by atoms with Crippen LogP contribution in [0, 0.1) is 11.3 Å². The summed E-state index contributed by atoms with van der Waals surface area (Å²) < 4.78 is 6.27. The Kier molecular flexibility index (Phi) is 9.63. The number of nitrogens with one attached hydrogen (secondary N) is 3. The molecule has 3 aromatic rings. The van der Waals surface area contributed by atoms with Crippen molar-refractivity contribution in [1.82, 2.24) is 15.4 Å². The summed E-state index contributed by atoms with van der Waals surface area (Å²) in [4.78, 5) is 8.94. The van der Waals surface area contributed by atoms with E-state index < -0.39 is 0 Å². The second-order valence-electron chi connectivity index (χ2n) is 11.2. The van der Waals surface area contributed by atoms with E-state index >= 15 is 0 Å². The summed E-state index contributed by atoms with van der Waals surface area (Å²) in [7, 11) is 0. The van der Waals surface area contributed by atoms with Gasteiger partial charge in [0, 0.05) is 36.1 Å². The Morgan fingerprint density at radius 3 is 2.59 bits per heavy atom. The molecule has 1 unspecified atom stereocenters. The van der Waals surface area contributed by atoms with Crippen LogP contribution < -0.4 is 26.6 Å². The van der Waals surface area contributed by atoms with Gasteiger partial charge in [-0.2, -0.15) is 4.98 Å². The van der Waals surface area contributed by atoms with Crippen molar-refractivity contribution in [2.45, 2.75) is 41.0 Å². The molecule has 0 bridgehead atoms. The van der Waals surface area contributed by atoms with Crippen molar-refractivity contribution < 1.29 is 4.74 Å². The highest BCUT2D eigenvalue weighted by Crippen LogP contribution is 2.34. The summed E-state index contributed by atoms with van der Waals surface area (Å²) in [5.41, 5.74) is 17.9. The number of ether oxygens (including phenoxy) is 1. The van der Waals surface area contributed by atoms with Gasteiger partial charge in [-0.15, -0.1) is 0 Å². The number of benzene rings is 2. The van der Waals surface area contributed by atoms with Crippen molar-refractivity contribution in [2.24, 2.45) is 17.1 Å². The molecule has 0 spiro atoms. The van der Waals surface area contributed by atoms with Crippen LogP contribution in [0.3, 0.4) is 0 Å². The van der Waals surface area contributed by atoms with Gasteiger partial charge < -0.3 is 26.6 Å². The molecule has 1 atom stereocenters. The Bertz CT molecular complexity index is 1510. The molecule has 0 saturated carbocycles. The molecule has 5 N–H and O–H groups in total. The van der Waals surface area contributed by atoms with Crippen LogP contribution in [0.25, 0.3) is 10.8 Å². The molecule has 1 aromatic heterocycles. The van der Waals surface area contributed by atoms with E-state index in [1.165, 1.54) is 5.57 Å². The maximum absolute atomic E-state index is 6.27. The third-order valence-electron chi connectivity index (χ3n) is 7.12. The first-order chi connectivity index (χ1) is 19.7. The van der Waals surface area contributed by atoms with Gasteiger partial charge in [-0.05, 0) is 52.7 Å². The topological polar surface area (TPSA) is 97.1 Å². The van der Waals surface area contributed by atoms with Crippen molar-refractivity contribution in [3.8, 4) is 11.6 Å². The van der Waals surface area contributed by atoms with Gasteiger partial charge in [0.15, 0.2) is 0 Å². The van der Waals surface area contributed by atoms with E-state index in [1.807, 2.05) is 30.3 Å². The highest BCUT2D eigenvalue weighted by molar-refractivity contribution is 5.98. The molecule has 7 nitrogen and oxygen atoms in total. The maximum Gasteiger partial charge on any atom is 0.226 e. The fourth-order valence-corrected chi connectivity index (χ4v) is 4.50. The Balaban J connectivity index is 1.54. The molecule has 4 rings (SSSR count). The molecule has 0 saturated heterocycles. The average Bonchev–Trinajstić information content (AvgIpc) is 3.38. The first kappa shape index (κ1) is 29.6. The van der Waals surface area contributed by atoms with Crippen molar-refractivity contribution in [3.63, 3.8) is 0 Å². The number of fused-ring (bicyclic) bond motifs is 1. The van der Waals surface area contributed by atoms with E-state index in [9.17, 15) is 0 Å². The van der Waals surface area contributed by atoms with Crippen molar-refractivity contribution in [2.75, 3.05) is 23.8 Å². The molecule has 7 heteroatoms. The first-order valence-corrected chi connectivity index (χ1v) is 14.2. The highest BCUT2D eigenvalue weighted by atomic mass is 16.5. The monoisotopic (exact) mass is 550 g/mol. The molecule has 1 heterocycles. The predicted molar refractivity (Wildman–Crippen MR) is 172 cm³/mol. The Hall–Kier alpha value is -4.36. The Morgan fingerprint density at radius 2 is 1.90 bits per heavy atom. The Morgan fingerprint density at radius 1 is 1.12 bits per heavy atom. The van der Waals surface area contributed by atoms with E-state index in [-0.39, 0.29) is 5.41 Å². The van der Waals surface area contributed by atoms with Crippen LogP contribution in [0.4, 0.5) is 11.6 Å². The first-order valence-electron chi connectivity index (χ1n) is 14.2. The van der Waals surface area contributed by atoms with Gasteiger partial charge in [-0.3, -0.25) is 0 Å². The van der Waals surface area contributed by atoms with Gasteiger partial charge in [-0.1, -0.05) is 89.8 Å². The molecule has 2 aromatic carbocycles. The zero-order valence-corrected chi connectivity index (χ0v) is 24.8. The van der Waals surface area contributed by atoms with Crippen LogP contribution in [0.2, 0.25) is 0 Å². The van der Waals surface area contributed by atoms with Gasteiger partial charge >= 0.3 is 0 Å². The lowest BCUT2D eigenvalue weighted by molar-refractivity contribution is 0.467. The van der Waals surface area contributed by atoms with Gasteiger partial charge in [0.1, 0.15) is 5.75 Å². The number of aromatic nitrogens is 2. The molecular weight excluding hydrogens is 508 g/mol. The minimum atomic E-state index is -0.0498. The third-order valence-corrected chi connectivity index (χ3v) is 7.12. The lowest BCUT2D eigenvalue weighted by Gasteiger charge is -2.23. The summed E-state index contributed by atoms with van der Waals surface area (Å²) >= 11 is 0. The maximum atomic E-state index is 6.27. The van der Waals surface area contributed by atoms with Crippen LogP contribution in [-0.4, -0.2) is 23.1 Å². The van der Waals surface area contributed by atoms with Crippen LogP contribution >= 0.6 is 0 Å². The highest BCUT2D eigenvalue weighted by Gasteiger charge is 2.17. The second-order valence-corrected chi connectivity index (χ2v) is 11.2. The van der Waals surface area contributed by atoms with Crippen LogP contribution in [0.15, 0.2) is 108 Å². The number of rotatable bonds is 12. The zero-order valence-electron chi connectivity index (χ0n) is 24.8. The van der Waals surface area contributed by atoms with Gasteiger partial charge in [0.25, 0.3) is 0 Å². The number of nitrogens with two attached hydrogens (primary N) is 1. The zero-order chi connectivity index (χ0) is 29.4. The summed E-state index contributed by atoms with van der Waals surface area (Å²) in [6, 6.07) is 13.8. The summed E-state index contributed by atoms with van der Waals surface area (Å²) in [6.45, 7) is 16.3. The minimum absolute atomic E-state index is 0.0498. The predicted octanol–water partition coefficient (Wildman–Crippen LogP) is 7.66. The van der Waals surface area contributed by atoms with Crippen LogP contribution in [0.5, 0.6) is 11.6 Å². The molecule has 214 valence electrons. The van der Waals surface area contributed by atoms with Crippen molar-refractivity contribution >= 4 is 22.4 Å². The molecular formula is C34H42N6O. The number of hydrazine groups is 1. The lowest BCUT2D eigenvalue weighted by atomic mass is 9.85. The van der Waals surface area contributed by atoms with Crippen molar-refractivity contribution in [3.05, 3.63) is 108 Å². The van der Waals surface area contributed by atoms with E-state index in [1.54, 1.807) is 12.3 Å². The molecule has 0 radical (unpaired) electrons. The number of allylic oxidation sites excluding steroid dienone is 6. The Labute approximate surface area is 244 Å². The molecule has 1 aliphatic rings. The van der Waals surface area contributed by atoms with Gasteiger partial charge in [0.2, 0.25) is 11.8 Å². The standard InChI is InChI=1S/C34H42N6O/c1-7-23(2)30(21-26(17-19-35)34(4,5)6)40-39-29-15-16-31(28-14-9-8-13-27(28)29)41-32-18-20-36-33(38-32)37-22-25-12-10-11-24(25)3/h8-18,20-21,24,39-40H,2,7,19,22,35H2,1,3-6H3,(H,36,37,38)/b26-17+,30-21+. The quantitative estimate of drug-likeness (QED) is 0.136. The lowest BCUT2D eigenvalue weighted by Crippen LogP contribution is -2.23. The minimum Gasteiger partial charge on any atom is -0.438 e. The third kappa shape index (κ3) is 7.64. The smallest absolute Gasteiger partial charge is 0.226 e. The van der Waals surface area contributed by atoms with Crippen LogP contribution in [0.1, 0.15) is 41.0 Å². The van der Waals surface area contributed by atoms with Gasteiger partial charge in [0.05, 0.1) is 11.4 Å². The molecule has 0 amide bonds. The molecule has 41 heavy (non-hydrogen) atoms. The van der Waals surface area contributed by atoms with E-state index in [0.717, 1.165) is 39.7 Å². The normalized spacial score (nSPS) is 15.6. The molecule has 1 aliphatic carbocycles. The number of hydrogen-bond acceptors (Lipinski definition) is 7. The molecule has 0 aliphatic heterocycles. The average molecular weight is 551 g/mol. The van der Waals surface area contributed by atoms with Crippen molar-refractivity contribution in [1.29, 1.82) is 0 Å². The van der Waals surface area contributed by atoms with E-state index in [4.69, 9.17) is 10.5 Å². The summed E-state index contributed by atoms with van der Waals surface area (Å²) in [5, 5.41) is 5.28. The molecule has 0 fully saturated rings. The fourth-order valence-electron chi connectivity index (χ4n) is 4.50. The summed E-state index contributed by atoms with van der Waals surface area (Å²) in [6.07, 6.45) is 13.1. The SMILES string of the molecule is C=C(CC)/C(=C\C(=C/CN)C(C)(C)C)NNc1ccc(Oc2ccnc(NCC3=CC=CC3C)n2)c2ccccc12. The summed E-state index contributed by atoms with van der Waals surface area (Å²) in [5.74, 6) is 2.14. The van der Waals surface area contributed by atoms with Crippen LogP contribution in [-0.2, 0) is 0 Å². The second kappa shape index (κ2) is 13.3. The number of nitrogens with zero attached hydrogens (tertiary/aromatic N) is 2. The van der Waals surface area contributed by atoms with E-state index in [2.05, 4.69) is 104 Å². The largest absolute Gasteiger partial charge is 0.438 e.